The van der Waals surface area contributed by atoms with Crippen LogP contribution in [0.4, 0.5) is 0 Å². The average molecular weight is 434 g/mol. The van der Waals surface area contributed by atoms with E-state index >= 15 is 0 Å². The maximum absolute atomic E-state index is 13.3. The molecule has 6 nitrogen and oxygen atoms in total. The van der Waals surface area contributed by atoms with Crippen LogP contribution in [0.5, 0.6) is 23.0 Å². The van der Waals surface area contributed by atoms with E-state index in [-0.39, 0.29) is 17.8 Å². The summed E-state index contributed by atoms with van der Waals surface area (Å²) >= 11 is 0. The number of hydrogen-bond donors (Lipinski definition) is 1. The van der Waals surface area contributed by atoms with Gasteiger partial charge in [0.25, 0.3) is 0 Å². The quantitative estimate of drug-likeness (QED) is 0.508. The molecule has 1 aliphatic rings. The zero-order chi connectivity index (χ0) is 22.3. The molecule has 0 saturated heterocycles. The summed E-state index contributed by atoms with van der Waals surface area (Å²) < 4.78 is 22.9. The van der Waals surface area contributed by atoms with Gasteiger partial charge in [-0.15, -0.1) is 0 Å². The lowest BCUT2D eigenvalue weighted by atomic mass is 9.85. The first-order valence-electron chi connectivity index (χ1n) is 10.6. The summed E-state index contributed by atoms with van der Waals surface area (Å²) in [6, 6.07) is 22.8. The van der Waals surface area contributed by atoms with Gasteiger partial charge in [0.05, 0.1) is 25.7 Å². The Kier molecular flexibility index (Phi) is 6.92. The van der Waals surface area contributed by atoms with Gasteiger partial charge in [-0.1, -0.05) is 48.5 Å². The highest BCUT2D eigenvalue weighted by atomic mass is 16.5. The third kappa shape index (κ3) is 4.55. The summed E-state index contributed by atoms with van der Waals surface area (Å²) in [5, 5.41) is 3.35. The highest BCUT2D eigenvalue weighted by Crippen LogP contribution is 2.38. The second-order valence-corrected chi connectivity index (χ2v) is 7.46. The SMILES string of the molecule is COc1cccc(OC)c1OCCNC[C@@H]1C(=O)c2ccccc2O[C@H]1c1ccccc1. The van der Waals surface area contributed by atoms with Crippen LogP contribution in [-0.4, -0.2) is 39.7 Å². The van der Waals surface area contributed by atoms with Crippen LogP contribution in [0, 0.1) is 5.92 Å². The maximum Gasteiger partial charge on any atom is 0.203 e. The molecule has 1 N–H and O–H groups in total. The Morgan fingerprint density at radius 2 is 1.56 bits per heavy atom. The van der Waals surface area contributed by atoms with Crippen molar-refractivity contribution in [2.75, 3.05) is 33.9 Å². The van der Waals surface area contributed by atoms with Gasteiger partial charge in [0.15, 0.2) is 17.3 Å². The van der Waals surface area contributed by atoms with Crippen LogP contribution >= 0.6 is 0 Å². The Bertz CT molecular complexity index is 1030. The van der Waals surface area contributed by atoms with Gasteiger partial charge in [-0.2, -0.15) is 0 Å². The second-order valence-electron chi connectivity index (χ2n) is 7.46. The van der Waals surface area contributed by atoms with Gasteiger partial charge in [-0.05, 0) is 29.8 Å². The molecule has 1 heterocycles. The molecule has 0 fully saturated rings. The largest absolute Gasteiger partial charge is 0.493 e. The molecule has 0 aromatic heterocycles. The molecule has 0 unspecified atom stereocenters. The molecule has 0 aliphatic carbocycles. The van der Waals surface area contributed by atoms with E-state index < -0.39 is 0 Å². The first-order valence-corrected chi connectivity index (χ1v) is 10.6. The second kappa shape index (κ2) is 10.2. The Morgan fingerprint density at radius 1 is 0.875 bits per heavy atom. The highest BCUT2D eigenvalue weighted by Gasteiger charge is 2.37. The number of carbonyl (C=O) groups is 1. The van der Waals surface area contributed by atoms with Crippen molar-refractivity contribution in [3.63, 3.8) is 0 Å². The van der Waals surface area contributed by atoms with Crippen LogP contribution in [0.15, 0.2) is 72.8 Å². The van der Waals surface area contributed by atoms with E-state index in [0.29, 0.717) is 48.3 Å². The minimum atomic E-state index is -0.346. The molecule has 0 saturated carbocycles. The van der Waals surface area contributed by atoms with E-state index in [9.17, 15) is 4.79 Å². The van der Waals surface area contributed by atoms with Gasteiger partial charge in [0.1, 0.15) is 18.5 Å². The number of benzene rings is 3. The molecular weight excluding hydrogens is 406 g/mol. The van der Waals surface area contributed by atoms with Crippen LogP contribution in [0.3, 0.4) is 0 Å². The maximum atomic E-state index is 13.3. The molecule has 0 bridgehead atoms. The lowest BCUT2D eigenvalue weighted by molar-refractivity contribution is 0.0653. The standard InChI is InChI=1S/C26H27NO5/c1-29-22-13-8-14-23(30-2)26(22)31-16-15-27-17-20-24(28)19-11-6-7-12-21(19)32-25(20)18-9-4-3-5-10-18/h3-14,20,25,27H,15-17H2,1-2H3/t20-,25+/m1/s1. The third-order valence-corrected chi connectivity index (χ3v) is 5.51. The highest BCUT2D eigenvalue weighted by molar-refractivity contribution is 6.01. The van der Waals surface area contributed by atoms with E-state index in [0.717, 1.165) is 5.56 Å². The zero-order valence-electron chi connectivity index (χ0n) is 18.2. The number of methoxy groups -OCH3 is 2. The summed E-state index contributed by atoms with van der Waals surface area (Å²) in [6.07, 6.45) is -0.346. The summed E-state index contributed by atoms with van der Waals surface area (Å²) in [5.41, 5.74) is 1.61. The molecular formula is C26H27NO5. The Morgan fingerprint density at radius 3 is 2.28 bits per heavy atom. The first kappa shape index (κ1) is 21.7. The smallest absolute Gasteiger partial charge is 0.203 e. The van der Waals surface area contributed by atoms with Crippen molar-refractivity contribution in [2.24, 2.45) is 5.92 Å². The Hall–Kier alpha value is -3.51. The number of Topliss-reactive ketones (excluding diaryl/α,β-unsaturated/α-hetero) is 1. The van der Waals surface area contributed by atoms with Crippen molar-refractivity contribution >= 4 is 5.78 Å². The monoisotopic (exact) mass is 433 g/mol. The molecule has 4 rings (SSSR count). The van der Waals surface area contributed by atoms with Crippen molar-refractivity contribution in [3.8, 4) is 23.0 Å². The summed E-state index contributed by atoms with van der Waals surface area (Å²) in [7, 11) is 3.19. The van der Waals surface area contributed by atoms with Gasteiger partial charge in [-0.3, -0.25) is 4.79 Å². The molecule has 0 spiro atoms. The fraction of sp³-hybridized carbons (Fsp3) is 0.269. The van der Waals surface area contributed by atoms with Crippen LogP contribution < -0.4 is 24.3 Å². The number of ether oxygens (including phenoxy) is 4. The van der Waals surface area contributed by atoms with Gasteiger partial charge in [-0.25, -0.2) is 0 Å². The summed E-state index contributed by atoms with van der Waals surface area (Å²) in [4.78, 5) is 13.3. The van der Waals surface area contributed by atoms with Crippen LogP contribution in [0.25, 0.3) is 0 Å². The molecule has 166 valence electrons. The number of carbonyl (C=O) groups excluding carboxylic acids is 1. The molecule has 6 heteroatoms. The van der Waals surface area contributed by atoms with Gasteiger partial charge >= 0.3 is 0 Å². The number of para-hydroxylation sites is 2. The predicted molar refractivity (Wildman–Crippen MR) is 122 cm³/mol. The van der Waals surface area contributed by atoms with Crippen LogP contribution in [0.2, 0.25) is 0 Å². The van der Waals surface area contributed by atoms with E-state index in [1.807, 2.05) is 72.8 Å². The topological polar surface area (TPSA) is 66.0 Å². The lowest BCUT2D eigenvalue weighted by Crippen LogP contribution is -2.39. The zero-order valence-corrected chi connectivity index (χ0v) is 18.2. The van der Waals surface area contributed by atoms with Crippen LogP contribution in [-0.2, 0) is 0 Å². The Labute approximate surface area is 188 Å². The first-order chi connectivity index (χ1) is 15.7. The van der Waals surface area contributed by atoms with E-state index in [1.165, 1.54) is 0 Å². The molecule has 0 radical (unpaired) electrons. The van der Waals surface area contributed by atoms with Crippen molar-refractivity contribution < 1.29 is 23.7 Å². The van der Waals surface area contributed by atoms with E-state index in [2.05, 4.69) is 5.32 Å². The fourth-order valence-electron chi connectivity index (χ4n) is 3.91. The van der Waals surface area contributed by atoms with Crippen LogP contribution in [0.1, 0.15) is 22.0 Å². The number of hydrogen-bond acceptors (Lipinski definition) is 6. The third-order valence-electron chi connectivity index (χ3n) is 5.51. The minimum Gasteiger partial charge on any atom is -0.493 e. The molecule has 1 aliphatic heterocycles. The number of ketones is 1. The molecule has 3 aromatic rings. The predicted octanol–water partition coefficient (Wildman–Crippen LogP) is 4.31. The van der Waals surface area contributed by atoms with E-state index in [1.54, 1.807) is 14.2 Å². The minimum absolute atomic E-state index is 0.0838. The molecule has 0 amide bonds. The lowest BCUT2D eigenvalue weighted by Gasteiger charge is -2.33. The van der Waals surface area contributed by atoms with Gasteiger partial charge in [0, 0.05) is 13.1 Å². The molecule has 3 aromatic carbocycles. The molecule has 32 heavy (non-hydrogen) atoms. The number of fused-ring (bicyclic) bond motifs is 1. The fourth-order valence-corrected chi connectivity index (χ4v) is 3.91. The van der Waals surface area contributed by atoms with Crippen molar-refractivity contribution in [2.45, 2.75) is 6.10 Å². The summed E-state index contributed by atoms with van der Waals surface area (Å²) in [5.74, 6) is 2.16. The number of nitrogens with one attached hydrogen (secondary N) is 1. The average Bonchev–Trinajstić information content (AvgIpc) is 2.85. The van der Waals surface area contributed by atoms with Crippen molar-refractivity contribution in [1.29, 1.82) is 0 Å². The van der Waals surface area contributed by atoms with Crippen molar-refractivity contribution in [3.05, 3.63) is 83.9 Å². The summed E-state index contributed by atoms with van der Waals surface area (Å²) in [6.45, 7) is 1.42. The van der Waals surface area contributed by atoms with Crippen molar-refractivity contribution in [1.82, 2.24) is 5.32 Å². The Balaban J connectivity index is 1.42. The number of rotatable bonds is 9. The normalized spacial score (nSPS) is 17.2. The molecule has 2 atom stereocenters. The van der Waals surface area contributed by atoms with Gasteiger partial charge in [0.2, 0.25) is 5.75 Å². The van der Waals surface area contributed by atoms with E-state index in [4.69, 9.17) is 18.9 Å². The van der Waals surface area contributed by atoms with Gasteiger partial charge < -0.3 is 24.3 Å².